The number of methoxy groups -OCH3 is 1. The molecule has 0 unspecified atom stereocenters. The molecule has 0 aliphatic rings. The van der Waals surface area contributed by atoms with Gasteiger partial charge in [0.25, 0.3) is 0 Å². The minimum absolute atomic E-state index is 0.184. The molecule has 1 rings (SSSR count). The number of rotatable bonds is 1. The van der Waals surface area contributed by atoms with Crippen LogP contribution >= 0.6 is 0 Å². The van der Waals surface area contributed by atoms with Gasteiger partial charge in [-0.1, -0.05) is 5.92 Å². The molecule has 17 heavy (non-hydrogen) atoms. The number of pyridine rings is 1. The summed E-state index contributed by atoms with van der Waals surface area (Å²) >= 11 is 0. The lowest BCUT2D eigenvalue weighted by Crippen LogP contribution is -2.03. The Morgan fingerprint density at radius 3 is 2.82 bits per heavy atom. The predicted octanol–water partition coefficient (Wildman–Crippen LogP) is 0.405. The molecule has 0 fully saturated rings. The van der Waals surface area contributed by atoms with Crippen LogP contribution in [0.15, 0.2) is 6.20 Å². The fourth-order valence-corrected chi connectivity index (χ4v) is 1.14. The Kier molecular flexibility index (Phi) is 3.62. The van der Waals surface area contributed by atoms with Crippen molar-refractivity contribution in [1.82, 2.24) is 4.98 Å². The van der Waals surface area contributed by atoms with Crippen molar-refractivity contribution in [1.29, 1.82) is 0 Å². The number of nitrogens with two attached hydrogens (primary N) is 1. The standard InChI is InChI=1S/C10H9N3O4/c1-6-7(3-4-8(14)17-2)5-12-10(11)9(6)13(15)16/h5H,1-2H3,(H2,11,12). The molecule has 0 saturated heterocycles. The first-order chi connectivity index (χ1) is 7.97. The molecular weight excluding hydrogens is 226 g/mol. The van der Waals surface area contributed by atoms with E-state index in [9.17, 15) is 14.9 Å². The molecule has 0 amide bonds. The third kappa shape index (κ3) is 2.69. The summed E-state index contributed by atoms with van der Waals surface area (Å²) in [6.45, 7) is 1.48. The van der Waals surface area contributed by atoms with Crippen LogP contribution in [0, 0.1) is 28.9 Å². The minimum atomic E-state index is -0.733. The van der Waals surface area contributed by atoms with Gasteiger partial charge in [-0.3, -0.25) is 10.1 Å². The third-order valence-electron chi connectivity index (χ3n) is 2.00. The van der Waals surface area contributed by atoms with Gasteiger partial charge in [-0.25, -0.2) is 9.78 Å². The van der Waals surface area contributed by atoms with Gasteiger partial charge in [0.1, 0.15) is 0 Å². The molecule has 0 aromatic carbocycles. The Labute approximate surface area is 96.7 Å². The number of carbonyl (C=O) groups excluding carboxylic acids is 1. The first kappa shape index (κ1) is 12.4. The quantitative estimate of drug-likeness (QED) is 0.326. The summed E-state index contributed by atoms with van der Waals surface area (Å²) in [5, 5.41) is 10.7. The van der Waals surface area contributed by atoms with Gasteiger partial charge >= 0.3 is 11.7 Å². The lowest BCUT2D eigenvalue weighted by atomic mass is 10.1. The summed E-state index contributed by atoms with van der Waals surface area (Å²) in [4.78, 5) is 24.6. The van der Waals surface area contributed by atoms with Crippen molar-refractivity contribution < 1.29 is 14.5 Å². The van der Waals surface area contributed by atoms with E-state index in [4.69, 9.17) is 5.73 Å². The molecule has 0 radical (unpaired) electrons. The number of hydrogen-bond donors (Lipinski definition) is 1. The molecule has 7 nitrogen and oxygen atoms in total. The van der Waals surface area contributed by atoms with Gasteiger partial charge in [-0.2, -0.15) is 0 Å². The Balaban J connectivity index is 3.27. The van der Waals surface area contributed by atoms with Crippen molar-refractivity contribution in [2.24, 2.45) is 0 Å². The summed E-state index contributed by atoms with van der Waals surface area (Å²) in [5.41, 5.74) is 5.60. The number of esters is 1. The van der Waals surface area contributed by atoms with Crippen LogP contribution in [0.4, 0.5) is 11.5 Å². The fourth-order valence-electron chi connectivity index (χ4n) is 1.14. The Bertz CT molecular complexity index is 542. The molecule has 0 bridgehead atoms. The average molecular weight is 235 g/mol. The Morgan fingerprint density at radius 1 is 1.65 bits per heavy atom. The summed E-state index contributed by atoms with van der Waals surface area (Å²) in [5.74, 6) is 3.68. The summed E-state index contributed by atoms with van der Waals surface area (Å²) in [6.07, 6.45) is 1.27. The van der Waals surface area contributed by atoms with Gasteiger partial charge in [0.05, 0.1) is 17.6 Å². The second-order valence-electron chi connectivity index (χ2n) is 3.03. The monoisotopic (exact) mass is 235 g/mol. The topological polar surface area (TPSA) is 108 Å². The summed E-state index contributed by atoms with van der Waals surface area (Å²) in [6, 6.07) is 0. The van der Waals surface area contributed by atoms with Gasteiger partial charge in [-0.15, -0.1) is 0 Å². The van der Waals surface area contributed by atoms with Crippen LogP contribution in [0.5, 0.6) is 0 Å². The van der Waals surface area contributed by atoms with Crippen molar-refractivity contribution >= 4 is 17.5 Å². The van der Waals surface area contributed by atoms with Gasteiger partial charge in [0, 0.05) is 17.7 Å². The van der Waals surface area contributed by atoms with Crippen molar-refractivity contribution in [3.05, 3.63) is 27.4 Å². The highest BCUT2D eigenvalue weighted by Crippen LogP contribution is 2.25. The maximum atomic E-state index is 10.8. The Hall–Kier alpha value is -2.62. The summed E-state index contributed by atoms with van der Waals surface area (Å²) in [7, 11) is 1.19. The molecule has 7 heteroatoms. The van der Waals surface area contributed by atoms with Crippen LogP contribution in [0.1, 0.15) is 11.1 Å². The van der Waals surface area contributed by atoms with Crippen LogP contribution in [0.2, 0.25) is 0 Å². The number of carbonyl (C=O) groups is 1. The van der Waals surface area contributed by atoms with Crippen LogP contribution in [-0.4, -0.2) is 23.0 Å². The van der Waals surface area contributed by atoms with E-state index < -0.39 is 10.9 Å². The van der Waals surface area contributed by atoms with E-state index in [1.165, 1.54) is 20.2 Å². The van der Waals surface area contributed by atoms with E-state index in [1.54, 1.807) is 0 Å². The molecule has 88 valence electrons. The maximum absolute atomic E-state index is 10.8. The highest BCUT2D eigenvalue weighted by atomic mass is 16.6. The maximum Gasteiger partial charge on any atom is 0.384 e. The van der Waals surface area contributed by atoms with E-state index in [1.807, 2.05) is 0 Å². The molecule has 1 aromatic heterocycles. The smallest absolute Gasteiger partial charge is 0.384 e. The van der Waals surface area contributed by atoms with Gasteiger partial charge in [0.15, 0.2) is 0 Å². The van der Waals surface area contributed by atoms with E-state index in [2.05, 4.69) is 21.6 Å². The zero-order valence-corrected chi connectivity index (χ0v) is 9.18. The fraction of sp³-hybridized carbons (Fsp3) is 0.200. The van der Waals surface area contributed by atoms with Gasteiger partial charge < -0.3 is 10.5 Å². The number of hydrogen-bond acceptors (Lipinski definition) is 6. The minimum Gasteiger partial charge on any atom is -0.459 e. The highest BCUT2D eigenvalue weighted by molar-refractivity contribution is 5.89. The van der Waals surface area contributed by atoms with E-state index in [0.717, 1.165) is 0 Å². The average Bonchev–Trinajstić information content (AvgIpc) is 2.27. The van der Waals surface area contributed by atoms with Crippen molar-refractivity contribution in [2.75, 3.05) is 12.8 Å². The number of anilines is 1. The Morgan fingerprint density at radius 2 is 2.29 bits per heavy atom. The number of nitro groups is 1. The molecule has 1 heterocycles. The molecule has 0 aliphatic carbocycles. The molecule has 0 saturated carbocycles. The van der Waals surface area contributed by atoms with Gasteiger partial charge in [0.2, 0.25) is 5.82 Å². The van der Waals surface area contributed by atoms with Crippen LogP contribution < -0.4 is 5.73 Å². The largest absolute Gasteiger partial charge is 0.459 e. The molecular formula is C10H9N3O4. The number of ether oxygens (including phenoxy) is 1. The normalized spacial score (nSPS) is 9.06. The van der Waals surface area contributed by atoms with Crippen molar-refractivity contribution in [3.8, 4) is 11.8 Å². The van der Waals surface area contributed by atoms with E-state index in [-0.39, 0.29) is 22.6 Å². The summed E-state index contributed by atoms with van der Waals surface area (Å²) < 4.78 is 4.32. The van der Waals surface area contributed by atoms with Crippen LogP contribution in [0.25, 0.3) is 0 Å². The predicted molar refractivity (Wildman–Crippen MR) is 58.9 cm³/mol. The molecule has 1 aromatic rings. The lowest BCUT2D eigenvalue weighted by Gasteiger charge is -2.01. The van der Waals surface area contributed by atoms with Gasteiger partial charge in [-0.05, 0) is 6.92 Å². The van der Waals surface area contributed by atoms with E-state index in [0.29, 0.717) is 0 Å². The van der Waals surface area contributed by atoms with Crippen LogP contribution in [0.3, 0.4) is 0 Å². The number of aromatic nitrogens is 1. The van der Waals surface area contributed by atoms with E-state index >= 15 is 0 Å². The molecule has 0 aliphatic heterocycles. The first-order valence-electron chi connectivity index (χ1n) is 4.46. The molecule has 0 spiro atoms. The lowest BCUT2D eigenvalue weighted by molar-refractivity contribution is -0.384. The second kappa shape index (κ2) is 4.94. The van der Waals surface area contributed by atoms with Crippen LogP contribution in [-0.2, 0) is 9.53 Å². The van der Waals surface area contributed by atoms with Crippen molar-refractivity contribution in [2.45, 2.75) is 6.92 Å². The number of nitrogens with zero attached hydrogens (tertiary/aromatic N) is 2. The highest BCUT2D eigenvalue weighted by Gasteiger charge is 2.18. The number of nitrogen functional groups attached to an aromatic ring is 1. The molecule has 2 N–H and O–H groups in total. The first-order valence-corrected chi connectivity index (χ1v) is 4.46. The van der Waals surface area contributed by atoms with Crippen molar-refractivity contribution in [3.63, 3.8) is 0 Å². The second-order valence-corrected chi connectivity index (χ2v) is 3.03. The zero-order valence-electron chi connectivity index (χ0n) is 9.18. The zero-order chi connectivity index (χ0) is 13.0. The SMILES string of the molecule is COC(=O)C#Cc1cnc(N)c([N+](=O)[O-])c1C. The third-order valence-corrected chi connectivity index (χ3v) is 2.00. The molecule has 0 atom stereocenters.